The number of aliphatic hydroxyl groups is 1. The lowest BCUT2D eigenvalue weighted by Gasteiger charge is -2.08. The van der Waals surface area contributed by atoms with E-state index in [2.05, 4.69) is 15.6 Å². The van der Waals surface area contributed by atoms with Gasteiger partial charge in [-0.2, -0.15) is 0 Å². The van der Waals surface area contributed by atoms with Crippen molar-refractivity contribution in [3.8, 4) is 0 Å². The van der Waals surface area contributed by atoms with Gasteiger partial charge in [-0.15, -0.1) is 5.10 Å². The summed E-state index contributed by atoms with van der Waals surface area (Å²) in [6, 6.07) is 0.149. The first-order valence-electron chi connectivity index (χ1n) is 4.57. The molecule has 76 valence electrons. The molecule has 0 aromatic carbocycles. The van der Waals surface area contributed by atoms with Crippen molar-refractivity contribution in [2.45, 2.75) is 32.0 Å². The van der Waals surface area contributed by atoms with E-state index in [0.29, 0.717) is 18.7 Å². The largest absolute Gasteiger partial charge is 0.390 e. The third-order valence-electron chi connectivity index (χ3n) is 2.24. The summed E-state index contributed by atoms with van der Waals surface area (Å²) in [4.78, 5) is 10.9. The maximum atomic E-state index is 10.9. The number of hydrogen-bond acceptors (Lipinski definition) is 4. The first-order valence-corrected chi connectivity index (χ1v) is 4.57. The summed E-state index contributed by atoms with van der Waals surface area (Å²) < 4.78 is 1.64. The van der Waals surface area contributed by atoms with Crippen LogP contribution in [0.15, 0.2) is 6.20 Å². The van der Waals surface area contributed by atoms with Crippen molar-refractivity contribution in [2.75, 3.05) is 0 Å². The van der Waals surface area contributed by atoms with Gasteiger partial charge in [0.15, 0.2) is 0 Å². The highest BCUT2D eigenvalue weighted by molar-refractivity contribution is 5.78. The molecule has 6 heteroatoms. The van der Waals surface area contributed by atoms with Gasteiger partial charge in [0.25, 0.3) is 0 Å². The summed E-state index contributed by atoms with van der Waals surface area (Å²) in [5.41, 5.74) is 0.550. The van der Waals surface area contributed by atoms with E-state index in [9.17, 15) is 4.79 Å². The molecule has 2 N–H and O–H groups in total. The summed E-state index contributed by atoms with van der Waals surface area (Å²) in [7, 11) is 0. The number of rotatable bonds is 3. The summed E-state index contributed by atoms with van der Waals surface area (Å²) in [5, 5.41) is 19.2. The van der Waals surface area contributed by atoms with Crippen LogP contribution in [0.2, 0.25) is 0 Å². The van der Waals surface area contributed by atoms with Crippen LogP contribution < -0.4 is 5.32 Å². The van der Waals surface area contributed by atoms with Gasteiger partial charge in [-0.3, -0.25) is 9.48 Å². The fourth-order valence-electron chi connectivity index (χ4n) is 1.54. The zero-order chi connectivity index (χ0) is 9.97. The average Bonchev–Trinajstić information content (AvgIpc) is 2.76. The van der Waals surface area contributed by atoms with Gasteiger partial charge in [0.1, 0.15) is 5.69 Å². The first-order chi connectivity index (χ1) is 6.78. The Morgan fingerprint density at radius 3 is 3.14 bits per heavy atom. The lowest BCUT2D eigenvalue weighted by molar-refractivity contribution is -0.119. The maximum absolute atomic E-state index is 10.9. The maximum Gasteiger partial charge on any atom is 0.220 e. The van der Waals surface area contributed by atoms with Gasteiger partial charge in [0.05, 0.1) is 19.3 Å². The summed E-state index contributed by atoms with van der Waals surface area (Å²) in [6.45, 7) is 0.524. The second kappa shape index (κ2) is 3.75. The number of amides is 1. The lowest BCUT2D eigenvalue weighted by Crippen LogP contribution is -2.29. The van der Waals surface area contributed by atoms with Crippen molar-refractivity contribution < 1.29 is 9.90 Å². The quantitative estimate of drug-likeness (QED) is 0.653. The molecule has 1 fully saturated rings. The molecule has 0 aliphatic carbocycles. The molecule has 0 radical (unpaired) electrons. The van der Waals surface area contributed by atoms with Gasteiger partial charge in [-0.25, -0.2) is 0 Å². The Balaban J connectivity index is 1.93. The molecular formula is C8H12N4O2. The Hall–Kier alpha value is -1.43. The van der Waals surface area contributed by atoms with Crippen LogP contribution in [-0.4, -0.2) is 32.0 Å². The van der Waals surface area contributed by atoms with Crippen LogP contribution in [0.4, 0.5) is 0 Å². The van der Waals surface area contributed by atoms with E-state index < -0.39 is 0 Å². The number of carbonyl (C=O) groups is 1. The second-order valence-electron chi connectivity index (χ2n) is 3.39. The van der Waals surface area contributed by atoms with Crippen molar-refractivity contribution >= 4 is 5.91 Å². The molecule has 2 heterocycles. The van der Waals surface area contributed by atoms with Crippen molar-refractivity contribution in [1.29, 1.82) is 0 Å². The fraction of sp³-hybridized carbons (Fsp3) is 0.625. The third-order valence-corrected chi connectivity index (χ3v) is 2.24. The molecule has 6 nitrogen and oxygen atoms in total. The molecule has 1 aliphatic heterocycles. The van der Waals surface area contributed by atoms with Crippen molar-refractivity contribution in [1.82, 2.24) is 20.3 Å². The highest BCUT2D eigenvalue weighted by Gasteiger charge is 2.21. The molecule has 1 unspecified atom stereocenters. The van der Waals surface area contributed by atoms with E-state index in [0.717, 1.165) is 6.42 Å². The van der Waals surface area contributed by atoms with Crippen molar-refractivity contribution in [3.05, 3.63) is 11.9 Å². The number of nitrogens with one attached hydrogen (secondary N) is 1. The van der Waals surface area contributed by atoms with Gasteiger partial charge < -0.3 is 10.4 Å². The highest BCUT2D eigenvalue weighted by Crippen LogP contribution is 2.08. The summed E-state index contributed by atoms with van der Waals surface area (Å²) in [5.74, 6) is 0.0949. The number of carbonyl (C=O) groups excluding carboxylic acids is 1. The van der Waals surface area contributed by atoms with Crippen LogP contribution >= 0.6 is 0 Å². The molecule has 0 bridgehead atoms. The van der Waals surface area contributed by atoms with Gasteiger partial charge >= 0.3 is 0 Å². The van der Waals surface area contributed by atoms with Gasteiger partial charge in [-0.1, -0.05) is 5.21 Å². The van der Waals surface area contributed by atoms with E-state index in [1.807, 2.05) is 0 Å². The zero-order valence-corrected chi connectivity index (χ0v) is 7.68. The van der Waals surface area contributed by atoms with E-state index in [1.54, 1.807) is 10.9 Å². The normalized spacial score (nSPS) is 21.2. The molecule has 1 atom stereocenters. The predicted octanol–water partition coefficient (Wildman–Crippen LogP) is -0.951. The minimum Gasteiger partial charge on any atom is -0.390 e. The Bertz CT molecular complexity index is 336. The monoisotopic (exact) mass is 196 g/mol. The van der Waals surface area contributed by atoms with Crippen LogP contribution in [0.1, 0.15) is 18.5 Å². The molecule has 1 saturated heterocycles. The highest BCUT2D eigenvalue weighted by atomic mass is 16.3. The molecule has 0 spiro atoms. The molecule has 2 rings (SSSR count). The number of aromatic nitrogens is 3. The molecule has 1 aromatic heterocycles. The molecule has 14 heavy (non-hydrogen) atoms. The first kappa shape index (κ1) is 9.14. The van der Waals surface area contributed by atoms with E-state index in [1.165, 1.54) is 0 Å². The standard InChI is InChI=1S/C8H12N4O2/c13-5-7-4-12(11-10-7)3-6-1-2-8(14)9-6/h4,6,13H,1-3,5H2,(H,9,14). The predicted molar refractivity (Wildman–Crippen MR) is 47.1 cm³/mol. The lowest BCUT2D eigenvalue weighted by atomic mass is 10.2. The summed E-state index contributed by atoms with van der Waals surface area (Å²) in [6.07, 6.45) is 3.11. The van der Waals surface area contributed by atoms with Gasteiger partial charge in [-0.05, 0) is 6.42 Å². The van der Waals surface area contributed by atoms with Crippen LogP contribution in [0.25, 0.3) is 0 Å². The van der Waals surface area contributed by atoms with Crippen LogP contribution in [0, 0.1) is 0 Å². The molecule has 1 amide bonds. The molecule has 1 aromatic rings. The SMILES string of the molecule is O=C1CCC(Cn2cc(CO)nn2)N1. The van der Waals surface area contributed by atoms with Crippen molar-refractivity contribution in [3.63, 3.8) is 0 Å². The molecule has 0 saturated carbocycles. The molecular weight excluding hydrogens is 184 g/mol. The number of aliphatic hydroxyl groups excluding tert-OH is 1. The topological polar surface area (TPSA) is 80.0 Å². The minimum atomic E-state index is -0.100. The third kappa shape index (κ3) is 1.90. The number of hydrogen-bond donors (Lipinski definition) is 2. The minimum absolute atomic E-state index is 0.0949. The van der Waals surface area contributed by atoms with E-state index in [-0.39, 0.29) is 18.6 Å². The van der Waals surface area contributed by atoms with Gasteiger partial charge in [0.2, 0.25) is 5.91 Å². The van der Waals surface area contributed by atoms with Crippen LogP contribution in [-0.2, 0) is 17.9 Å². The fourth-order valence-corrected chi connectivity index (χ4v) is 1.54. The second-order valence-corrected chi connectivity index (χ2v) is 3.39. The Morgan fingerprint density at radius 1 is 1.71 bits per heavy atom. The van der Waals surface area contributed by atoms with E-state index >= 15 is 0 Å². The average molecular weight is 196 g/mol. The van der Waals surface area contributed by atoms with Crippen LogP contribution in [0.5, 0.6) is 0 Å². The number of nitrogens with zero attached hydrogens (tertiary/aromatic N) is 3. The molecule has 1 aliphatic rings. The van der Waals surface area contributed by atoms with Crippen molar-refractivity contribution in [2.24, 2.45) is 0 Å². The Labute approximate surface area is 80.9 Å². The Kier molecular flexibility index (Phi) is 2.45. The Morgan fingerprint density at radius 2 is 2.57 bits per heavy atom. The summed E-state index contributed by atoms with van der Waals surface area (Å²) >= 11 is 0. The van der Waals surface area contributed by atoms with Gasteiger partial charge in [0, 0.05) is 12.5 Å². The van der Waals surface area contributed by atoms with E-state index in [4.69, 9.17) is 5.11 Å². The smallest absolute Gasteiger partial charge is 0.220 e. The zero-order valence-electron chi connectivity index (χ0n) is 7.68. The van der Waals surface area contributed by atoms with Crippen LogP contribution in [0.3, 0.4) is 0 Å².